The Bertz CT molecular complexity index is 644. The van der Waals surface area contributed by atoms with Crippen LogP contribution in [0.15, 0.2) is 48.5 Å². The van der Waals surface area contributed by atoms with Crippen LogP contribution in [0.4, 0.5) is 0 Å². The second-order valence-electron chi connectivity index (χ2n) is 6.64. The summed E-state index contributed by atoms with van der Waals surface area (Å²) >= 11 is 0. The molecular weight excluding hydrogens is 286 g/mol. The van der Waals surface area contributed by atoms with Crippen molar-refractivity contribution in [3.8, 4) is 5.75 Å². The largest absolute Gasteiger partial charge is 0.488 e. The summed E-state index contributed by atoms with van der Waals surface area (Å²) < 4.78 is 5.98. The third-order valence-corrected chi connectivity index (χ3v) is 5.08. The first-order valence-electron chi connectivity index (χ1n) is 8.53. The highest BCUT2D eigenvalue weighted by Crippen LogP contribution is 2.41. The van der Waals surface area contributed by atoms with Gasteiger partial charge >= 0.3 is 0 Å². The van der Waals surface area contributed by atoms with E-state index in [0.717, 1.165) is 35.5 Å². The van der Waals surface area contributed by atoms with E-state index in [-0.39, 0.29) is 0 Å². The normalized spacial score (nSPS) is 24.2. The molecule has 120 valence electrons. The number of para-hydroxylation sites is 1. The summed E-state index contributed by atoms with van der Waals surface area (Å²) in [5.74, 6) is 0.795. The maximum absolute atomic E-state index is 11.8. The first kappa shape index (κ1) is 14.7. The number of benzene rings is 2. The molecule has 0 bridgehead atoms. The van der Waals surface area contributed by atoms with E-state index in [4.69, 9.17) is 4.74 Å². The van der Waals surface area contributed by atoms with Crippen molar-refractivity contribution in [3.63, 3.8) is 0 Å². The lowest BCUT2D eigenvalue weighted by Crippen LogP contribution is -2.44. The molecule has 4 rings (SSSR count). The first-order valence-corrected chi connectivity index (χ1v) is 8.53. The van der Waals surface area contributed by atoms with Crippen LogP contribution in [0, 0.1) is 0 Å². The Morgan fingerprint density at radius 1 is 0.913 bits per heavy atom. The van der Waals surface area contributed by atoms with E-state index >= 15 is 0 Å². The number of piperidine rings is 1. The number of hydrogen-bond acceptors (Lipinski definition) is 3. The number of rotatable bonds is 2. The van der Waals surface area contributed by atoms with Crippen LogP contribution in [0.2, 0.25) is 0 Å². The van der Waals surface area contributed by atoms with Crippen molar-refractivity contribution in [2.75, 3.05) is 19.6 Å². The van der Waals surface area contributed by atoms with Crippen molar-refractivity contribution in [3.05, 3.63) is 65.2 Å². The molecule has 23 heavy (non-hydrogen) atoms. The highest BCUT2D eigenvalue weighted by Gasteiger charge is 2.39. The predicted octanol–water partition coefficient (Wildman–Crippen LogP) is 3.30. The van der Waals surface area contributed by atoms with Crippen LogP contribution in [-0.4, -0.2) is 29.6 Å². The van der Waals surface area contributed by atoms with E-state index in [1.54, 1.807) is 0 Å². The van der Waals surface area contributed by atoms with Gasteiger partial charge in [0.05, 0.1) is 0 Å². The molecule has 2 aliphatic rings. The molecule has 2 aromatic rings. The monoisotopic (exact) mass is 309 g/mol. The first-order chi connectivity index (χ1) is 11.3. The van der Waals surface area contributed by atoms with E-state index in [2.05, 4.69) is 11.0 Å². The van der Waals surface area contributed by atoms with Crippen molar-refractivity contribution in [2.45, 2.75) is 31.5 Å². The Morgan fingerprint density at radius 2 is 1.61 bits per heavy atom. The molecule has 1 fully saturated rings. The molecule has 0 aliphatic carbocycles. The third kappa shape index (κ3) is 2.64. The SMILES string of the molecule is OC1(CN2CCCCC2)c2ccccc2COc2ccccc21. The number of likely N-dealkylation sites (tertiary alicyclic amines) is 1. The topological polar surface area (TPSA) is 32.7 Å². The van der Waals surface area contributed by atoms with Crippen molar-refractivity contribution in [1.29, 1.82) is 0 Å². The van der Waals surface area contributed by atoms with Crippen molar-refractivity contribution in [2.24, 2.45) is 0 Å². The summed E-state index contributed by atoms with van der Waals surface area (Å²) in [4.78, 5) is 2.39. The van der Waals surface area contributed by atoms with E-state index in [1.165, 1.54) is 19.3 Å². The smallest absolute Gasteiger partial charge is 0.131 e. The number of aliphatic hydroxyl groups is 1. The standard InChI is InChI=1S/C20H23NO2/c22-20(15-21-12-6-1-7-13-21)17-9-3-2-8-16(17)14-23-19-11-5-4-10-18(19)20/h2-5,8-11,22H,1,6-7,12-15H2. The average Bonchev–Trinajstić information content (AvgIpc) is 2.72. The quantitative estimate of drug-likeness (QED) is 0.924. The Kier molecular flexibility index (Phi) is 3.83. The van der Waals surface area contributed by atoms with Crippen LogP contribution in [0.3, 0.4) is 0 Å². The fourth-order valence-corrected chi connectivity index (χ4v) is 3.90. The zero-order valence-electron chi connectivity index (χ0n) is 13.4. The summed E-state index contributed by atoms with van der Waals surface area (Å²) in [7, 11) is 0. The van der Waals surface area contributed by atoms with Gasteiger partial charge in [0.2, 0.25) is 0 Å². The van der Waals surface area contributed by atoms with Gasteiger partial charge in [-0.2, -0.15) is 0 Å². The summed E-state index contributed by atoms with van der Waals surface area (Å²) in [5.41, 5.74) is 1.93. The molecule has 1 atom stereocenters. The molecule has 2 aromatic carbocycles. The van der Waals surface area contributed by atoms with Gasteiger partial charge in [0, 0.05) is 12.1 Å². The van der Waals surface area contributed by atoms with E-state index in [9.17, 15) is 5.11 Å². The fourth-order valence-electron chi connectivity index (χ4n) is 3.90. The molecule has 0 amide bonds. The Hall–Kier alpha value is -1.84. The molecule has 2 heterocycles. The minimum absolute atomic E-state index is 0.509. The summed E-state index contributed by atoms with van der Waals surface area (Å²) in [6.07, 6.45) is 3.73. The molecule has 1 N–H and O–H groups in total. The van der Waals surface area contributed by atoms with E-state index in [1.807, 2.05) is 42.5 Å². The molecule has 3 nitrogen and oxygen atoms in total. The summed E-state index contributed by atoms with van der Waals surface area (Å²) in [6, 6.07) is 16.0. The van der Waals surface area contributed by atoms with Crippen LogP contribution in [0.1, 0.15) is 36.0 Å². The number of hydrogen-bond donors (Lipinski definition) is 1. The molecular formula is C20H23NO2. The zero-order chi connectivity index (χ0) is 15.7. The highest BCUT2D eigenvalue weighted by atomic mass is 16.5. The van der Waals surface area contributed by atoms with Crippen LogP contribution in [-0.2, 0) is 12.2 Å². The predicted molar refractivity (Wildman–Crippen MR) is 90.5 cm³/mol. The minimum atomic E-state index is -1.01. The number of nitrogens with zero attached hydrogens (tertiary/aromatic N) is 1. The molecule has 0 radical (unpaired) electrons. The fraction of sp³-hybridized carbons (Fsp3) is 0.400. The third-order valence-electron chi connectivity index (χ3n) is 5.08. The molecule has 0 spiro atoms. The molecule has 0 aromatic heterocycles. The number of fused-ring (bicyclic) bond motifs is 2. The van der Waals surface area contributed by atoms with Gasteiger partial charge in [0.1, 0.15) is 18.0 Å². The molecule has 1 saturated heterocycles. The van der Waals surface area contributed by atoms with E-state index < -0.39 is 5.60 Å². The van der Waals surface area contributed by atoms with Crippen molar-refractivity contribution >= 4 is 0 Å². The Morgan fingerprint density at radius 3 is 2.43 bits per heavy atom. The van der Waals surface area contributed by atoms with Crippen molar-refractivity contribution < 1.29 is 9.84 Å². The number of β-amino-alcohol motifs (C(OH)–C–C–N with tert-alkyl or cyclic N) is 1. The number of ether oxygens (including phenoxy) is 1. The zero-order valence-corrected chi connectivity index (χ0v) is 13.4. The Labute approximate surface area is 137 Å². The van der Waals surface area contributed by atoms with Crippen LogP contribution >= 0.6 is 0 Å². The van der Waals surface area contributed by atoms with Gasteiger partial charge in [-0.3, -0.25) is 4.90 Å². The lowest BCUT2D eigenvalue weighted by Gasteiger charge is -2.37. The molecule has 0 saturated carbocycles. The second-order valence-corrected chi connectivity index (χ2v) is 6.64. The molecule has 1 unspecified atom stereocenters. The van der Waals surface area contributed by atoms with Crippen molar-refractivity contribution in [1.82, 2.24) is 4.90 Å². The maximum atomic E-state index is 11.8. The van der Waals surface area contributed by atoms with E-state index in [0.29, 0.717) is 13.2 Å². The van der Waals surface area contributed by atoms with Gasteiger partial charge in [-0.1, -0.05) is 48.9 Å². The Balaban J connectivity index is 1.81. The second kappa shape index (κ2) is 5.99. The van der Waals surface area contributed by atoms with Crippen LogP contribution < -0.4 is 4.74 Å². The maximum Gasteiger partial charge on any atom is 0.131 e. The van der Waals surface area contributed by atoms with Gasteiger partial charge in [-0.15, -0.1) is 0 Å². The van der Waals surface area contributed by atoms with Gasteiger partial charge in [0.15, 0.2) is 0 Å². The molecule has 2 aliphatic heterocycles. The van der Waals surface area contributed by atoms with Gasteiger partial charge in [-0.25, -0.2) is 0 Å². The lowest BCUT2D eigenvalue weighted by atomic mass is 9.83. The summed E-state index contributed by atoms with van der Waals surface area (Å²) in [5, 5.41) is 11.8. The minimum Gasteiger partial charge on any atom is -0.488 e. The summed E-state index contributed by atoms with van der Waals surface area (Å²) in [6.45, 7) is 3.26. The molecule has 3 heteroatoms. The van der Waals surface area contributed by atoms with Gasteiger partial charge in [0.25, 0.3) is 0 Å². The average molecular weight is 309 g/mol. The lowest BCUT2D eigenvalue weighted by molar-refractivity contribution is 0.0289. The highest BCUT2D eigenvalue weighted by molar-refractivity contribution is 5.49. The van der Waals surface area contributed by atoms with Crippen LogP contribution in [0.5, 0.6) is 5.75 Å². The van der Waals surface area contributed by atoms with Gasteiger partial charge < -0.3 is 9.84 Å². The van der Waals surface area contributed by atoms with Gasteiger partial charge in [-0.05, 0) is 43.1 Å². The van der Waals surface area contributed by atoms with Crippen LogP contribution in [0.25, 0.3) is 0 Å².